The molecule has 6 heteroatoms. The molecular weight excluding hydrogens is 354 g/mol. The maximum Gasteiger partial charge on any atom is 0.292 e. The molecule has 0 radical (unpaired) electrons. The van der Waals surface area contributed by atoms with Gasteiger partial charge >= 0.3 is 0 Å². The van der Waals surface area contributed by atoms with E-state index in [-0.39, 0.29) is 17.4 Å². The van der Waals surface area contributed by atoms with Gasteiger partial charge in [-0.05, 0) is 36.8 Å². The van der Waals surface area contributed by atoms with E-state index >= 15 is 0 Å². The first-order chi connectivity index (χ1) is 13.1. The van der Waals surface area contributed by atoms with Crippen molar-refractivity contribution in [2.75, 3.05) is 33.7 Å². The van der Waals surface area contributed by atoms with Crippen molar-refractivity contribution in [3.05, 3.63) is 35.4 Å². The summed E-state index contributed by atoms with van der Waals surface area (Å²) in [5.74, 6) is -0.955. The number of Topliss-reactive ketones (excluding diaryl/α,β-unsaturated/α-hetero) is 1. The quantitative estimate of drug-likeness (QED) is 0.442. The second-order valence-electron chi connectivity index (χ2n) is 8.69. The van der Waals surface area contributed by atoms with E-state index < -0.39 is 11.7 Å². The van der Waals surface area contributed by atoms with Crippen LogP contribution >= 0.6 is 0 Å². The van der Waals surface area contributed by atoms with E-state index in [0.29, 0.717) is 18.5 Å². The number of ketones is 1. The molecule has 6 nitrogen and oxygen atoms in total. The number of nitrogens with zero attached hydrogens (tertiary/aromatic N) is 2. The first-order valence-corrected chi connectivity index (χ1v) is 9.99. The molecule has 1 aliphatic heterocycles. The zero-order valence-corrected chi connectivity index (χ0v) is 17.7. The normalized spacial score (nSPS) is 17.4. The first kappa shape index (κ1) is 22.1. The highest BCUT2D eigenvalue weighted by Crippen LogP contribution is 2.22. The molecular formula is C22H33N3O3. The Kier molecular flexibility index (Phi) is 7.35. The fourth-order valence-electron chi connectivity index (χ4n) is 3.49. The molecule has 1 N–H and O–H groups in total. The topological polar surface area (TPSA) is 69.7 Å². The van der Waals surface area contributed by atoms with Crippen molar-refractivity contribution in [3.63, 3.8) is 0 Å². The van der Waals surface area contributed by atoms with Gasteiger partial charge in [-0.3, -0.25) is 19.3 Å². The number of hydrogen-bond donors (Lipinski definition) is 1. The Morgan fingerprint density at radius 1 is 1.14 bits per heavy atom. The number of benzene rings is 1. The summed E-state index contributed by atoms with van der Waals surface area (Å²) in [6, 6.07) is 7.16. The van der Waals surface area contributed by atoms with Crippen LogP contribution in [0.4, 0.5) is 0 Å². The predicted molar refractivity (Wildman–Crippen MR) is 110 cm³/mol. The van der Waals surface area contributed by atoms with Gasteiger partial charge in [0.2, 0.25) is 11.7 Å². The van der Waals surface area contributed by atoms with Gasteiger partial charge in [-0.25, -0.2) is 0 Å². The van der Waals surface area contributed by atoms with Gasteiger partial charge in [0.1, 0.15) is 0 Å². The molecule has 1 aromatic carbocycles. The van der Waals surface area contributed by atoms with Gasteiger partial charge in [0.05, 0.1) is 6.04 Å². The van der Waals surface area contributed by atoms with E-state index in [4.69, 9.17) is 0 Å². The van der Waals surface area contributed by atoms with Crippen molar-refractivity contribution in [3.8, 4) is 0 Å². The summed E-state index contributed by atoms with van der Waals surface area (Å²) in [4.78, 5) is 40.4. The number of likely N-dealkylation sites (N-methyl/N-ethyl adjacent to an activating group) is 1. The summed E-state index contributed by atoms with van der Waals surface area (Å²) in [7, 11) is 3.55. The van der Waals surface area contributed by atoms with Gasteiger partial charge in [-0.15, -0.1) is 0 Å². The van der Waals surface area contributed by atoms with Gasteiger partial charge < -0.3 is 10.2 Å². The number of hydrogen-bond acceptors (Lipinski definition) is 4. The molecule has 0 saturated carbocycles. The van der Waals surface area contributed by atoms with Crippen LogP contribution in [0.5, 0.6) is 0 Å². The highest BCUT2D eigenvalue weighted by atomic mass is 16.2. The second-order valence-corrected chi connectivity index (χ2v) is 8.69. The van der Waals surface area contributed by atoms with Crippen molar-refractivity contribution in [1.29, 1.82) is 0 Å². The standard InChI is InChI=1S/C22H33N3O3/c1-22(2,3)17-11-9-16(10-12-17)19(26)20(27)23-13-7-15-25-14-6-8-18(25)21(28)24(4)5/h9-12,18H,6-8,13-15H2,1-5H3,(H,23,27). The minimum atomic E-state index is -0.578. The Bertz CT molecular complexity index is 705. The number of carbonyl (C=O) groups is 3. The molecule has 1 saturated heterocycles. The molecule has 0 bridgehead atoms. The zero-order valence-electron chi connectivity index (χ0n) is 17.7. The van der Waals surface area contributed by atoms with Crippen LogP contribution in [0.1, 0.15) is 56.0 Å². The van der Waals surface area contributed by atoms with Gasteiger partial charge in [-0.2, -0.15) is 0 Å². The molecule has 1 aromatic rings. The Labute approximate surface area is 168 Å². The van der Waals surface area contributed by atoms with Gasteiger partial charge in [0.15, 0.2) is 0 Å². The van der Waals surface area contributed by atoms with E-state index in [1.807, 2.05) is 12.1 Å². The van der Waals surface area contributed by atoms with Crippen LogP contribution in [0.25, 0.3) is 0 Å². The third-order valence-corrected chi connectivity index (χ3v) is 5.22. The molecule has 2 rings (SSSR count). The number of likely N-dealkylation sites (tertiary alicyclic amines) is 1. The smallest absolute Gasteiger partial charge is 0.292 e. The number of rotatable bonds is 7. The summed E-state index contributed by atoms with van der Waals surface area (Å²) in [6.07, 6.45) is 2.60. The first-order valence-electron chi connectivity index (χ1n) is 9.99. The lowest BCUT2D eigenvalue weighted by molar-refractivity contribution is -0.133. The molecule has 1 heterocycles. The lowest BCUT2D eigenvalue weighted by Gasteiger charge is -2.26. The molecule has 28 heavy (non-hydrogen) atoms. The fraction of sp³-hybridized carbons (Fsp3) is 0.591. The van der Waals surface area contributed by atoms with Gasteiger partial charge in [-0.1, -0.05) is 45.0 Å². The summed E-state index contributed by atoms with van der Waals surface area (Å²) >= 11 is 0. The monoisotopic (exact) mass is 387 g/mol. The largest absolute Gasteiger partial charge is 0.349 e. The Morgan fingerprint density at radius 3 is 2.36 bits per heavy atom. The summed E-state index contributed by atoms with van der Waals surface area (Å²) in [5, 5.41) is 2.71. The van der Waals surface area contributed by atoms with Crippen molar-refractivity contribution in [2.24, 2.45) is 0 Å². The molecule has 1 atom stereocenters. The highest BCUT2D eigenvalue weighted by molar-refractivity contribution is 6.42. The van der Waals surface area contributed by atoms with E-state index in [2.05, 4.69) is 31.0 Å². The minimum Gasteiger partial charge on any atom is -0.349 e. The minimum absolute atomic E-state index is 0.00519. The van der Waals surface area contributed by atoms with Crippen LogP contribution in [-0.2, 0) is 15.0 Å². The van der Waals surface area contributed by atoms with Crippen LogP contribution < -0.4 is 5.32 Å². The summed E-state index contributed by atoms with van der Waals surface area (Å²) in [6.45, 7) is 8.37. The van der Waals surface area contributed by atoms with Crippen LogP contribution in [-0.4, -0.2) is 67.2 Å². The SMILES string of the molecule is CN(C)C(=O)C1CCCN1CCCNC(=O)C(=O)c1ccc(C(C)(C)C)cc1. The highest BCUT2D eigenvalue weighted by Gasteiger charge is 2.31. The van der Waals surface area contributed by atoms with Gasteiger partial charge in [0, 0.05) is 32.7 Å². The van der Waals surface area contributed by atoms with Crippen molar-refractivity contribution >= 4 is 17.6 Å². The second kappa shape index (κ2) is 9.32. The number of nitrogens with one attached hydrogen (secondary N) is 1. The average Bonchev–Trinajstić information content (AvgIpc) is 3.11. The molecule has 1 fully saturated rings. The maximum absolute atomic E-state index is 12.3. The third-order valence-electron chi connectivity index (χ3n) is 5.22. The predicted octanol–water partition coefficient (Wildman–Crippen LogP) is 2.23. The zero-order chi connectivity index (χ0) is 20.9. The van der Waals surface area contributed by atoms with Crippen LogP contribution in [0, 0.1) is 0 Å². The number of amides is 2. The molecule has 0 aromatic heterocycles. The van der Waals surface area contributed by atoms with Crippen molar-refractivity contribution in [2.45, 2.75) is 51.5 Å². The van der Waals surface area contributed by atoms with Crippen LogP contribution in [0.15, 0.2) is 24.3 Å². The third kappa shape index (κ3) is 5.64. The molecule has 0 aliphatic carbocycles. The van der Waals surface area contributed by atoms with Crippen LogP contribution in [0.2, 0.25) is 0 Å². The lowest BCUT2D eigenvalue weighted by Crippen LogP contribution is -2.43. The van der Waals surface area contributed by atoms with Crippen LogP contribution in [0.3, 0.4) is 0 Å². The number of carbonyl (C=O) groups excluding carboxylic acids is 3. The Balaban J connectivity index is 1.79. The maximum atomic E-state index is 12.3. The summed E-state index contributed by atoms with van der Waals surface area (Å²) < 4.78 is 0. The van der Waals surface area contributed by atoms with E-state index in [1.54, 1.807) is 31.1 Å². The van der Waals surface area contributed by atoms with E-state index in [0.717, 1.165) is 31.5 Å². The van der Waals surface area contributed by atoms with Crippen molar-refractivity contribution in [1.82, 2.24) is 15.1 Å². The molecule has 1 unspecified atom stereocenters. The van der Waals surface area contributed by atoms with E-state index in [9.17, 15) is 14.4 Å². The molecule has 2 amide bonds. The Hall–Kier alpha value is -2.21. The van der Waals surface area contributed by atoms with Gasteiger partial charge in [0.25, 0.3) is 5.91 Å². The van der Waals surface area contributed by atoms with Crippen molar-refractivity contribution < 1.29 is 14.4 Å². The summed E-state index contributed by atoms with van der Waals surface area (Å²) in [5.41, 5.74) is 1.53. The lowest BCUT2D eigenvalue weighted by atomic mass is 9.86. The van der Waals surface area contributed by atoms with E-state index in [1.165, 1.54) is 0 Å². The fourth-order valence-corrected chi connectivity index (χ4v) is 3.49. The molecule has 154 valence electrons. The molecule has 1 aliphatic rings. The molecule has 0 spiro atoms. The average molecular weight is 388 g/mol. The Morgan fingerprint density at radius 2 is 1.79 bits per heavy atom.